The molecule has 0 saturated carbocycles. The lowest BCUT2D eigenvalue weighted by Crippen LogP contribution is -2.29. The van der Waals surface area contributed by atoms with Crippen LogP contribution in [-0.2, 0) is 6.54 Å². The van der Waals surface area contributed by atoms with Gasteiger partial charge in [0.2, 0.25) is 0 Å². The first-order chi connectivity index (χ1) is 9.06. The van der Waals surface area contributed by atoms with Crippen LogP contribution >= 0.6 is 15.9 Å². The fourth-order valence-corrected chi connectivity index (χ4v) is 1.90. The Morgan fingerprint density at radius 1 is 1.58 bits per heavy atom. The largest absolute Gasteiger partial charge is 0.383 e. The van der Waals surface area contributed by atoms with Crippen molar-refractivity contribution in [1.29, 1.82) is 0 Å². The van der Waals surface area contributed by atoms with E-state index in [9.17, 15) is 4.79 Å². The standard InChI is InChI=1S/C13H19BrN4O/c1-4-5-6-7-15-11-10-16-18(9-8-17(2)3)13(19)12(11)14/h1,10,15H,5-9H2,2-3H3. The molecule has 1 rings (SSSR count). The van der Waals surface area contributed by atoms with E-state index in [-0.39, 0.29) is 5.56 Å². The SMILES string of the molecule is C#CCCCNc1cnn(CCN(C)C)c(=O)c1Br. The van der Waals surface area contributed by atoms with Crippen LogP contribution in [-0.4, -0.2) is 41.9 Å². The van der Waals surface area contributed by atoms with Crippen LogP contribution in [0.25, 0.3) is 0 Å². The molecule has 0 radical (unpaired) electrons. The molecule has 0 saturated heterocycles. The number of hydrogen-bond donors (Lipinski definition) is 1. The Kier molecular flexibility index (Phi) is 6.60. The van der Waals surface area contributed by atoms with Gasteiger partial charge in [-0.2, -0.15) is 5.10 Å². The summed E-state index contributed by atoms with van der Waals surface area (Å²) in [7, 11) is 3.92. The molecular weight excluding hydrogens is 308 g/mol. The van der Waals surface area contributed by atoms with Gasteiger partial charge in [-0.25, -0.2) is 4.68 Å². The van der Waals surface area contributed by atoms with Crippen molar-refractivity contribution < 1.29 is 0 Å². The zero-order valence-electron chi connectivity index (χ0n) is 11.3. The number of terminal acetylenes is 1. The van der Waals surface area contributed by atoms with Crippen molar-refractivity contribution >= 4 is 21.6 Å². The Hall–Kier alpha value is -1.32. The maximum atomic E-state index is 12.1. The lowest BCUT2D eigenvalue weighted by atomic mass is 10.3. The second kappa shape index (κ2) is 7.97. The van der Waals surface area contributed by atoms with Crippen LogP contribution in [0.15, 0.2) is 15.5 Å². The van der Waals surface area contributed by atoms with Crippen molar-refractivity contribution in [2.75, 3.05) is 32.5 Å². The first kappa shape index (κ1) is 15.7. The van der Waals surface area contributed by atoms with Crippen molar-refractivity contribution in [3.05, 3.63) is 21.0 Å². The molecule has 104 valence electrons. The quantitative estimate of drug-likeness (QED) is 0.607. The van der Waals surface area contributed by atoms with Crippen LogP contribution < -0.4 is 10.9 Å². The van der Waals surface area contributed by atoms with Crippen LogP contribution in [0.4, 0.5) is 5.69 Å². The average molecular weight is 327 g/mol. The summed E-state index contributed by atoms with van der Waals surface area (Å²) in [6, 6.07) is 0. The average Bonchev–Trinajstić information content (AvgIpc) is 2.38. The van der Waals surface area contributed by atoms with Crippen LogP contribution in [0.5, 0.6) is 0 Å². The number of rotatable bonds is 7. The molecule has 1 aromatic rings. The lowest BCUT2D eigenvalue weighted by molar-refractivity contribution is 0.367. The maximum absolute atomic E-state index is 12.1. The molecule has 1 N–H and O–H groups in total. The molecule has 6 heteroatoms. The van der Waals surface area contributed by atoms with E-state index < -0.39 is 0 Å². The van der Waals surface area contributed by atoms with Gasteiger partial charge >= 0.3 is 0 Å². The van der Waals surface area contributed by atoms with Crippen molar-refractivity contribution in [2.24, 2.45) is 0 Å². The van der Waals surface area contributed by atoms with Crippen LogP contribution in [0.1, 0.15) is 12.8 Å². The summed E-state index contributed by atoms with van der Waals surface area (Å²) in [6.45, 7) is 2.07. The first-order valence-electron chi connectivity index (χ1n) is 6.14. The van der Waals surface area contributed by atoms with Crippen LogP contribution in [0.3, 0.4) is 0 Å². The molecule has 0 aliphatic rings. The summed E-state index contributed by atoms with van der Waals surface area (Å²) in [5, 5.41) is 7.31. The van der Waals surface area contributed by atoms with Crippen molar-refractivity contribution in [3.63, 3.8) is 0 Å². The highest BCUT2D eigenvalue weighted by atomic mass is 79.9. The Morgan fingerprint density at radius 2 is 2.32 bits per heavy atom. The Bertz CT molecular complexity index is 504. The second-order valence-electron chi connectivity index (χ2n) is 4.44. The molecule has 1 aromatic heterocycles. The predicted octanol–water partition coefficient (Wildman–Crippen LogP) is 1.39. The van der Waals surface area contributed by atoms with Gasteiger partial charge in [-0.3, -0.25) is 4.79 Å². The van der Waals surface area contributed by atoms with Gasteiger partial charge in [0.05, 0.1) is 18.4 Å². The van der Waals surface area contributed by atoms with Gasteiger partial charge in [-0.05, 0) is 36.4 Å². The Balaban J connectivity index is 2.69. The van der Waals surface area contributed by atoms with E-state index >= 15 is 0 Å². The van der Waals surface area contributed by atoms with Gasteiger partial charge in [-0.15, -0.1) is 12.3 Å². The first-order valence-corrected chi connectivity index (χ1v) is 6.93. The number of aromatic nitrogens is 2. The molecule has 0 aliphatic carbocycles. The van der Waals surface area contributed by atoms with Crippen molar-refractivity contribution in [3.8, 4) is 12.3 Å². The van der Waals surface area contributed by atoms with E-state index in [1.165, 1.54) is 4.68 Å². The smallest absolute Gasteiger partial charge is 0.283 e. The number of nitrogens with one attached hydrogen (secondary N) is 1. The molecule has 0 fully saturated rings. The van der Waals surface area contributed by atoms with Crippen LogP contribution in [0, 0.1) is 12.3 Å². The minimum absolute atomic E-state index is 0.121. The molecule has 1 heterocycles. The van der Waals surface area contributed by atoms with Gasteiger partial charge in [0.1, 0.15) is 4.47 Å². The molecule has 0 aromatic carbocycles. The molecular formula is C13H19BrN4O. The minimum Gasteiger partial charge on any atom is -0.383 e. The number of hydrogen-bond acceptors (Lipinski definition) is 4. The normalized spacial score (nSPS) is 10.5. The molecule has 0 unspecified atom stereocenters. The number of anilines is 1. The summed E-state index contributed by atoms with van der Waals surface area (Å²) >= 11 is 3.32. The second-order valence-corrected chi connectivity index (χ2v) is 5.23. The van der Waals surface area contributed by atoms with Gasteiger partial charge in [-0.1, -0.05) is 0 Å². The van der Waals surface area contributed by atoms with Crippen molar-refractivity contribution in [2.45, 2.75) is 19.4 Å². The van der Waals surface area contributed by atoms with E-state index in [0.29, 0.717) is 16.7 Å². The lowest BCUT2D eigenvalue weighted by Gasteiger charge is -2.12. The third-order valence-corrected chi connectivity index (χ3v) is 3.32. The topological polar surface area (TPSA) is 50.2 Å². The molecule has 5 nitrogen and oxygen atoms in total. The summed E-state index contributed by atoms with van der Waals surface area (Å²) in [6.07, 6.45) is 8.43. The summed E-state index contributed by atoms with van der Waals surface area (Å²) in [4.78, 5) is 14.1. The third-order valence-electron chi connectivity index (χ3n) is 2.56. The molecule has 19 heavy (non-hydrogen) atoms. The Labute approximate surface area is 122 Å². The van der Waals surface area contributed by atoms with E-state index in [4.69, 9.17) is 6.42 Å². The van der Waals surface area contributed by atoms with E-state index in [1.54, 1.807) is 6.20 Å². The maximum Gasteiger partial charge on any atom is 0.283 e. The molecule has 0 spiro atoms. The van der Waals surface area contributed by atoms with E-state index in [1.807, 2.05) is 19.0 Å². The molecule has 0 bridgehead atoms. The number of nitrogens with zero attached hydrogens (tertiary/aromatic N) is 3. The van der Waals surface area contributed by atoms with E-state index in [0.717, 1.165) is 25.9 Å². The number of likely N-dealkylation sites (N-methyl/N-ethyl adjacent to an activating group) is 1. The highest BCUT2D eigenvalue weighted by Gasteiger charge is 2.08. The summed E-state index contributed by atoms with van der Waals surface area (Å²) in [5.74, 6) is 2.58. The fourth-order valence-electron chi connectivity index (χ4n) is 1.46. The zero-order chi connectivity index (χ0) is 14.3. The fraction of sp³-hybridized carbons (Fsp3) is 0.538. The predicted molar refractivity (Wildman–Crippen MR) is 81.3 cm³/mol. The zero-order valence-corrected chi connectivity index (χ0v) is 12.9. The van der Waals surface area contributed by atoms with Gasteiger partial charge in [0.25, 0.3) is 5.56 Å². The van der Waals surface area contributed by atoms with E-state index in [2.05, 4.69) is 32.3 Å². The van der Waals surface area contributed by atoms with Gasteiger partial charge < -0.3 is 10.2 Å². The molecule has 0 aliphatic heterocycles. The van der Waals surface area contributed by atoms with Crippen molar-refractivity contribution in [1.82, 2.24) is 14.7 Å². The minimum atomic E-state index is -0.121. The third kappa shape index (κ3) is 5.05. The van der Waals surface area contributed by atoms with Gasteiger partial charge in [0, 0.05) is 19.5 Å². The number of unbranched alkanes of at least 4 members (excludes halogenated alkanes) is 1. The van der Waals surface area contributed by atoms with Gasteiger partial charge in [0.15, 0.2) is 0 Å². The molecule has 0 amide bonds. The molecule has 0 atom stereocenters. The summed E-state index contributed by atoms with van der Waals surface area (Å²) in [5.41, 5.74) is 0.590. The highest BCUT2D eigenvalue weighted by Crippen LogP contribution is 2.15. The highest BCUT2D eigenvalue weighted by molar-refractivity contribution is 9.10. The monoisotopic (exact) mass is 326 g/mol. The Morgan fingerprint density at radius 3 is 2.95 bits per heavy atom. The van der Waals surface area contributed by atoms with Crippen LogP contribution in [0.2, 0.25) is 0 Å². The number of halogens is 1. The summed E-state index contributed by atoms with van der Waals surface area (Å²) < 4.78 is 1.97.